The lowest BCUT2D eigenvalue weighted by Crippen LogP contribution is -1.80. The van der Waals surface area contributed by atoms with Crippen LogP contribution in [0.1, 0.15) is 0 Å². The first-order valence-electron chi connectivity index (χ1n) is 5.69. The van der Waals surface area contributed by atoms with Crippen LogP contribution in [-0.2, 0) is 0 Å². The molecule has 1 N–H and O–H groups in total. The van der Waals surface area contributed by atoms with Crippen molar-refractivity contribution in [1.82, 2.24) is 4.98 Å². The zero-order valence-electron chi connectivity index (χ0n) is 10.1. The van der Waals surface area contributed by atoms with E-state index in [0.717, 1.165) is 22.5 Å². The Morgan fingerprint density at radius 1 is 1.00 bits per heavy atom. The van der Waals surface area contributed by atoms with Gasteiger partial charge in [0.05, 0.1) is 24.4 Å². The lowest BCUT2D eigenvalue weighted by molar-refractivity contribution is 0.415. The van der Waals surface area contributed by atoms with Gasteiger partial charge in [-0.05, 0) is 24.3 Å². The van der Waals surface area contributed by atoms with Crippen molar-refractivity contribution >= 4 is 21.8 Å². The van der Waals surface area contributed by atoms with Crippen LogP contribution >= 0.6 is 0 Å². The second kappa shape index (κ2) is 4.11. The number of aromatic amines is 1. The van der Waals surface area contributed by atoms with Crippen LogP contribution in [0.5, 0.6) is 11.5 Å². The number of benzene rings is 2. The van der Waals surface area contributed by atoms with Gasteiger partial charge >= 0.3 is 0 Å². The fourth-order valence-corrected chi connectivity index (χ4v) is 2.16. The highest BCUT2D eigenvalue weighted by Gasteiger charge is 2.06. The van der Waals surface area contributed by atoms with Crippen molar-refractivity contribution in [2.45, 2.75) is 0 Å². The summed E-state index contributed by atoms with van der Waals surface area (Å²) in [5, 5.41) is 2.35. The van der Waals surface area contributed by atoms with Crippen LogP contribution in [-0.4, -0.2) is 12.1 Å². The van der Waals surface area contributed by atoms with Crippen molar-refractivity contribution in [2.24, 2.45) is 0 Å². The minimum Gasteiger partial charge on any atom is -0.497 e. The molecule has 18 heavy (non-hydrogen) atoms. The smallest absolute Gasteiger partial charge is 0.128 e. The molecule has 0 fully saturated rings. The van der Waals surface area contributed by atoms with E-state index < -0.39 is 0 Å². The monoisotopic (exact) mass is 239 g/mol. The maximum atomic E-state index is 5.27. The number of fused-ring (bicyclic) bond motifs is 3. The molecule has 0 spiro atoms. The summed E-state index contributed by atoms with van der Waals surface area (Å²) < 4.78 is 10.5. The van der Waals surface area contributed by atoms with E-state index in [-0.39, 0.29) is 0 Å². The standard InChI is InChI=1S/C15H13NO2/c1-3-18-11-5-7-13-12-6-4-10(17-2)8-14(12)16-15(13)9-11/h3-9,16H,1H2,2H3. The Hall–Kier alpha value is -2.42. The summed E-state index contributed by atoms with van der Waals surface area (Å²) in [5.74, 6) is 1.62. The van der Waals surface area contributed by atoms with Crippen LogP contribution in [0.3, 0.4) is 0 Å². The van der Waals surface area contributed by atoms with Crippen molar-refractivity contribution in [3.05, 3.63) is 49.2 Å². The number of hydrogen-bond donors (Lipinski definition) is 1. The van der Waals surface area contributed by atoms with Crippen molar-refractivity contribution in [2.75, 3.05) is 7.11 Å². The Labute approximate surface area is 105 Å². The molecule has 3 aromatic rings. The maximum Gasteiger partial charge on any atom is 0.128 e. The number of methoxy groups -OCH3 is 1. The molecule has 0 radical (unpaired) electrons. The van der Waals surface area contributed by atoms with Gasteiger partial charge in [-0.3, -0.25) is 0 Å². The lowest BCUT2D eigenvalue weighted by Gasteiger charge is -1.99. The Bertz CT molecular complexity index is 728. The number of hydrogen-bond acceptors (Lipinski definition) is 2. The zero-order valence-corrected chi connectivity index (χ0v) is 10.1. The fourth-order valence-electron chi connectivity index (χ4n) is 2.16. The van der Waals surface area contributed by atoms with E-state index in [9.17, 15) is 0 Å². The van der Waals surface area contributed by atoms with Gasteiger partial charge < -0.3 is 14.5 Å². The normalized spacial score (nSPS) is 10.7. The molecule has 3 nitrogen and oxygen atoms in total. The largest absolute Gasteiger partial charge is 0.497 e. The van der Waals surface area contributed by atoms with Gasteiger partial charge in [0.25, 0.3) is 0 Å². The van der Waals surface area contributed by atoms with Crippen LogP contribution in [0.25, 0.3) is 21.8 Å². The third-order valence-electron chi connectivity index (χ3n) is 3.00. The molecule has 3 rings (SSSR count). The summed E-state index contributed by atoms with van der Waals surface area (Å²) in [4.78, 5) is 3.36. The Balaban J connectivity index is 2.25. The number of nitrogens with one attached hydrogen (secondary N) is 1. The summed E-state index contributed by atoms with van der Waals surface area (Å²) in [7, 11) is 1.67. The summed E-state index contributed by atoms with van der Waals surface area (Å²) in [6.45, 7) is 3.55. The average molecular weight is 239 g/mol. The van der Waals surface area contributed by atoms with Gasteiger partial charge in [0, 0.05) is 22.9 Å². The quantitative estimate of drug-likeness (QED) is 0.704. The van der Waals surface area contributed by atoms with Crippen LogP contribution in [0, 0.1) is 0 Å². The van der Waals surface area contributed by atoms with Crippen LogP contribution in [0.15, 0.2) is 49.2 Å². The van der Waals surface area contributed by atoms with Gasteiger partial charge in [0.1, 0.15) is 11.5 Å². The highest BCUT2D eigenvalue weighted by Crippen LogP contribution is 2.30. The third kappa shape index (κ3) is 1.61. The summed E-state index contributed by atoms with van der Waals surface area (Å²) >= 11 is 0. The molecule has 3 heteroatoms. The minimum atomic E-state index is 0.774. The van der Waals surface area contributed by atoms with Gasteiger partial charge in [-0.1, -0.05) is 6.58 Å². The van der Waals surface area contributed by atoms with Gasteiger partial charge in [0.2, 0.25) is 0 Å². The molecule has 0 aliphatic rings. The Morgan fingerprint density at radius 3 is 2.22 bits per heavy atom. The molecule has 1 heterocycles. The molecule has 0 amide bonds. The van der Waals surface area contributed by atoms with Crippen molar-refractivity contribution in [3.8, 4) is 11.5 Å². The first-order chi connectivity index (χ1) is 8.81. The molecule has 0 atom stereocenters. The molecule has 0 aliphatic heterocycles. The van der Waals surface area contributed by atoms with Gasteiger partial charge in [-0.15, -0.1) is 0 Å². The highest BCUT2D eigenvalue weighted by atomic mass is 16.5. The van der Waals surface area contributed by atoms with E-state index in [1.807, 2.05) is 30.3 Å². The predicted octanol–water partition coefficient (Wildman–Crippen LogP) is 3.85. The average Bonchev–Trinajstić information content (AvgIpc) is 2.75. The van der Waals surface area contributed by atoms with E-state index in [2.05, 4.69) is 17.6 Å². The molecule has 0 bridgehead atoms. The van der Waals surface area contributed by atoms with E-state index in [1.54, 1.807) is 7.11 Å². The van der Waals surface area contributed by atoms with Gasteiger partial charge in [-0.2, -0.15) is 0 Å². The summed E-state index contributed by atoms with van der Waals surface area (Å²) in [6.07, 6.45) is 1.42. The molecule has 90 valence electrons. The van der Waals surface area contributed by atoms with E-state index in [4.69, 9.17) is 9.47 Å². The maximum absolute atomic E-state index is 5.27. The molecular formula is C15H13NO2. The number of ether oxygens (including phenoxy) is 2. The number of rotatable bonds is 3. The van der Waals surface area contributed by atoms with Crippen molar-refractivity contribution in [3.63, 3.8) is 0 Å². The number of aromatic nitrogens is 1. The molecule has 1 aromatic heterocycles. The second-order valence-electron chi connectivity index (χ2n) is 4.03. The van der Waals surface area contributed by atoms with Gasteiger partial charge in [0.15, 0.2) is 0 Å². The first kappa shape index (κ1) is 10.7. The molecule has 0 saturated carbocycles. The SMILES string of the molecule is C=COc1ccc2c(c1)[nH]c1cc(OC)ccc12. The number of H-pyrrole nitrogens is 1. The third-order valence-corrected chi connectivity index (χ3v) is 3.00. The highest BCUT2D eigenvalue weighted by molar-refractivity contribution is 6.07. The topological polar surface area (TPSA) is 34.2 Å². The first-order valence-corrected chi connectivity index (χ1v) is 5.69. The summed E-state index contributed by atoms with van der Waals surface area (Å²) in [5.41, 5.74) is 2.10. The molecule has 0 aliphatic carbocycles. The van der Waals surface area contributed by atoms with Gasteiger partial charge in [-0.25, -0.2) is 0 Å². The van der Waals surface area contributed by atoms with Crippen molar-refractivity contribution in [1.29, 1.82) is 0 Å². The Kier molecular flexibility index (Phi) is 2.45. The zero-order chi connectivity index (χ0) is 12.5. The summed E-state index contributed by atoms with van der Waals surface area (Å²) in [6, 6.07) is 11.9. The van der Waals surface area contributed by atoms with E-state index >= 15 is 0 Å². The van der Waals surface area contributed by atoms with E-state index in [0.29, 0.717) is 0 Å². The van der Waals surface area contributed by atoms with Crippen LogP contribution in [0.4, 0.5) is 0 Å². The molecule has 0 saturated heterocycles. The molecule has 0 unspecified atom stereocenters. The molecule has 2 aromatic carbocycles. The van der Waals surface area contributed by atoms with Crippen molar-refractivity contribution < 1.29 is 9.47 Å². The predicted molar refractivity (Wildman–Crippen MR) is 73.2 cm³/mol. The molecular weight excluding hydrogens is 226 g/mol. The van der Waals surface area contributed by atoms with E-state index in [1.165, 1.54) is 17.0 Å². The lowest BCUT2D eigenvalue weighted by atomic mass is 10.1. The fraction of sp³-hybridized carbons (Fsp3) is 0.0667. The van der Waals surface area contributed by atoms with Crippen LogP contribution < -0.4 is 9.47 Å². The Morgan fingerprint density at radius 2 is 1.61 bits per heavy atom. The van der Waals surface area contributed by atoms with Crippen LogP contribution in [0.2, 0.25) is 0 Å². The minimum absolute atomic E-state index is 0.774. The second-order valence-corrected chi connectivity index (χ2v) is 4.03.